The van der Waals surface area contributed by atoms with Crippen molar-refractivity contribution in [3.8, 4) is 6.07 Å². The number of aryl methyl sites for hydroxylation is 1. The van der Waals surface area contributed by atoms with E-state index < -0.39 is 17.3 Å². The summed E-state index contributed by atoms with van der Waals surface area (Å²) in [6.45, 7) is 0. The van der Waals surface area contributed by atoms with Crippen LogP contribution in [-0.4, -0.2) is 5.11 Å². The van der Waals surface area contributed by atoms with Crippen LogP contribution < -0.4 is 0 Å². The van der Waals surface area contributed by atoms with Gasteiger partial charge in [0.25, 0.3) is 0 Å². The molecule has 0 radical (unpaired) electrons. The quantitative estimate of drug-likeness (QED) is 0.913. The van der Waals surface area contributed by atoms with Crippen molar-refractivity contribution >= 4 is 11.6 Å². The zero-order valence-electron chi connectivity index (χ0n) is 11.2. The normalized spacial score (nSPS) is 21.6. The van der Waals surface area contributed by atoms with Crippen molar-refractivity contribution in [1.29, 1.82) is 5.26 Å². The highest BCUT2D eigenvalue weighted by Gasteiger charge is 2.45. The molecule has 2 aromatic rings. The Hall–Kier alpha value is -1.89. The Morgan fingerprint density at radius 2 is 2.05 bits per heavy atom. The van der Waals surface area contributed by atoms with Crippen molar-refractivity contribution in [2.75, 3.05) is 0 Å². The summed E-state index contributed by atoms with van der Waals surface area (Å²) in [7, 11) is 0. The summed E-state index contributed by atoms with van der Waals surface area (Å²) in [6, 6.07) is 13.8. The zero-order chi connectivity index (χ0) is 15.0. The van der Waals surface area contributed by atoms with Crippen molar-refractivity contribution in [2.24, 2.45) is 0 Å². The van der Waals surface area contributed by atoms with E-state index in [-0.39, 0.29) is 5.02 Å². The zero-order valence-corrected chi connectivity index (χ0v) is 11.9. The number of hydrogen-bond acceptors (Lipinski definition) is 2. The fourth-order valence-corrected chi connectivity index (χ4v) is 3.35. The third-order valence-electron chi connectivity index (χ3n) is 4.15. The molecule has 3 rings (SSSR count). The number of halogens is 2. The summed E-state index contributed by atoms with van der Waals surface area (Å²) in [5, 5.41) is 20.6. The molecule has 0 aromatic heterocycles. The lowest BCUT2D eigenvalue weighted by Gasteiger charge is -2.29. The first-order chi connectivity index (χ1) is 10.1. The molecule has 4 heteroatoms. The minimum atomic E-state index is -1.11. The Morgan fingerprint density at radius 3 is 2.76 bits per heavy atom. The first kappa shape index (κ1) is 14.1. The SMILES string of the molecule is N#CC1(C(O)c2cc(F)cc(Cl)c2)CCc2ccccc21. The highest BCUT2D eigenvalue weighted by atomic mass is 35.5. The molecular weight excluding hydrogens is 289 g/mol. The molecule has 21 heavy (non-hydrogen) atoms. The van der Waals surface area contributed by atoms with Crippen LogP contribution in [-0.2, 0) is 11.8 Å². The van der Waals surface area contributed by atoms with E-state index in [1.807, 2.05) is 24.3 Å². The smallest absolute Gasteiger partial charge is 0.125 e. The second-order valence-corrected chi connectivity index (χ2v) is 5.78. The molecule has 1 N–H and O–H groups in total. The van der Waals surface area contributed by atoms with E-state index in [4.69, 9.17) is 11.6 Å². The predicted molar refractivity (Wildman–Crippen MR) is 78.4 cm³/mol. The first-order valence-electron chi connectivity index (χ1n) is 6.70. The van der Waals surface area contributed by atoms with Crippen molar-refractivity contribution < 1.29 is 9.50 Å². The average Bonchev–Trinajstić information content (AvgIpc) is 2.85. The van der Waals surface area contributed by atoms with Gasteiger partial charge in [-0.3, -0.25) is 0 Å². The molecule has 2 atom stereocenters. The molecule has 0 aliphatic heterocycles. The topological polar surface area (TPSA) is 44.0 Å². The summed E-state index contributed by atoms with van der Waals surface area (Å²) in [5.74, 6) is -0.518. The molecule has 0 saturated carbocycles. The number of aliphatic hydroxyl groups excluding tert-OH is 1. The average molecular weight is 302 g/mol. The van der Waals surface area contributed by atoms with Crippen molar-refractivity contribution in [3.05, 3.63) is 70.0 Å². The summed E-state index contributed by atoms with van der Waals surface area (Å²) in [5.41, 5.74) is 1.16. The molecule has 106 valence electrons. The Kier molecular flexibility index (Phi) is 3.44. The standard InChI is InChI=1S/C17H13ClFNO/c18-13-7-12(8-14(19)9-13)16(21)17(10-20)6-5-11-3-1-2-4-15(11)17/h1-4,7-9,16,21H,5-6H2. The molecule has 0 amide bonds. The summed E-state index contributed by atoms with van der Waals surface area (Å²) >= 11 is 5.86. The Bertz CT molecular complexity index is 720. The monoisotopic (exact) mass is 301 g/mol. The van der Waals surface area contributed by atoms with Gasteiger partial charge in [0.1, 0.15) is 17.3 Å². The fraction of sp³-hybridized carbons (Fsp3) is 0.235. The molecule has 2 nitrogen and oxygen atoms in total. The number of nitrogens with zero attached hydrogens (tertiary/aromatic N) is 1. The molecule has 1 aliphatic rings. The maximum atomic E-state index is 13.5. The molecule has 0 heterocycles. The van der Waals surface area contributed by atoms with Crippen LogP contribution >= 0.6 is 11.6 Å². The number of nitriles is 1. The number of hydrogen-bond donors (Lipinski definition) is 1. The number of benzene rings is 2. The lowest BCUT2D eigenvalue weighted by molar-refractivity contribution is 0.110. The second-order valence-electron chi connectivity index (χ2n) is 5.35. The van der Waals surface area contributed by atoms with Gasteiger partial charge in [0.2, 0.25) is 0 Å². The van der Waals surface area contributed by atoms with Gasteiger partial charge < -0.3 is 5.11 Å². The predicted octanol–water partition coefficient (Wildman–Crippen LogP) is 3.92. The lowest BCUT2D eigenvalue weighted by atomic mass is 9.75. The first-order valence-corrected chi connectivity index (χ1v) is 7.08. The van der Waals surface area contributed by atoms with E-state index in [0.717, 1.165) is 17.5 Å². The highest BCUT2D eigenvalue weighted by Crippen LogP contribution is 2.47. The van der Waals surface area contributed by atoms with Crippen LogP contribution in [0.5, 0.6) is 0 Å². The van der Waals surface area contributed by atoms with E-state index in [9.17, 15) is 14.8 Å². The Morgan fingerprint density at radius 1 is 1.29 bits per heavy atom. The minimum absolute atomic E-state index is 0.212. The van der Waals surface area contributed by atoms with Crippen LogP contribution in [0, 0.1) is 17.1 Å². The van der Waals surface area contributed by atoms with Gasteiger partial charge in [-0.2, -0.15) is 5.26 Å². The van der Waals surface area contributed by atoms with Gasteiger partial charge in [-0.1, -0.05) is 35.9 Å². The summed E-state index contributed by atoms with van der Waals surface area (Å²) in [4.78, 5) is 0. The van der Waals surface area contributed by atoms with Crippen LogP contribution in [0.2, 0.25) is 5.02 Å². The van der Waals surface area contributed by atoms with Gasteiger partial charge in [0.15, 0.2) is 0 Å². The molecule has 0 saturated heterocycles. The number of aliphatic hydroxyl groups is 1. The van der Waals surface area contributed by atoms with E-state index in [1.54, 1.807) is 0 Å². The molecule has 2 aromatic carbocycles. The maximum absolute atomic E-state index is 13.5. The summed E-state index contributed by atoms with van der Waals surface area (Å²) in [6.07, 6.45) is 0.126. The molecular formula is C17H13ClFNO. The lowest BCUT2D eigenvalue weighted by Crippen LogP contribution is -2.29. The van der Waals surface area contributed by atoms with Gasteiger partial charge in [-0.05, 0) is 47.7 Å². The van der Waals surface area contributed by atoms with Crippen LogP contribution in [0.4, 0.5) is 4.39 Å². The van der Waals surface area contributed by atoms with Crippen molar-refractivity contribution in [3.63, 3.8) is 0 Å². The molecule has 0 spiro atoms. The second kappa shape index (κ2) is 5.14. The molecule has 1 aliphatic carbocycles. The van der Waals surface area contributed by atoms with Gasteiger partial charge >= 0.3 is 0 Å². The van der Waals surface area contributed by atoms with Gasteiger partial charge in [0.05, 0.1) is 6.07 Å². The van der Waals surface area contributed by atoms with Gasteiger partial charge in [-0.25, -0.2) is 4.39 Å². The number of rotatable bonds is 2. The van der Waals surface area contributed by atoms with E-state index in [0.29, 0.717) is 12.0 Å². The van der Waals surface area contributed by atoms with Crippen molar-refractivity contribution in [2.45, 2.75) is 24.4 Å². The van der Waals surface area contributed by atoms with E-state index in [2.05, 4.69) is 6.07 Å². The molecule has 0 bridgehead atoms. The van der Waals surface area contributed by atoms with Gasteiger partial charge in [0, 0.05) is 5.02 Å². The maximum Gasteiger partial charge on any atom is 0.125 e. The van der Waals surface area contributed by atoms with Crippen LogP contribution in [0.25, 0.3) is 0 Å². The van der Waals surface area contributed by atoms with E-state index >= 15 is 0 Å². The van der Waals surface area contributed by atoms with Crippen LogP contribution in [0.3, 0.4) is 0 Å². The minimum Gasteiger partial charge on any atom is -0.386 e. The van der Waals surface area contributed by atoms with Crippen LogP contribution in [0.15, 0.2) is 42.5 Å². The third kappa shape index (κ3) is 2.21. The Balaban J connectivity index is 2.11. The Labute approximate surface area is 127 Å². The van der Waals surface area contributed by atoms with E-state index in [1.165, 1.54) is 18.2 Å². The summed E-state index contributed by atoms with van der Waals surface area (Å²) < 4.78 is 13.5. The number of fused-ring (bicyclic) bond motifs is 1. The van der Waals surface area contributed by atoms with Gasteiger partial charge in [-0.15, -0.1) is 0 Å². The molecule has 2 unspecified atom stereocenters. The third-order valence-corrected chi connectivity index (χ3v) is 4.37. The molecule has 0 fully saturated rings. The van der Waals surface area contributed by atoms with Crippen molar-refractivity contribution in [1.82, 2.24) is 0 Å². The largest absolute Gasteiger partial charge is 0.386 e. The highest BCUT2D eigenvalue weighted by molar-refractivity contribution is 6.30. The van der Waals surface area contributed by atoms with Crippen LogP contribution in [0.1, 0.15) is 29.2 Å². The fourth-order valence-electron chi connectivity index (χ4n) is 3.12.